The summed E-state index contributed by atoms with van der Waals surface area (Å²) in [6.45, 7) is 47.2. The number of anilines is 15. The third-order valence-corrected chi connectivity index (χ3v) is 24.1. The molecular formula is C103H147N33O5. The summed E-state index contributed by atoms with van der Waals surface area (Å²) in [6, 6.07) is 32.4. The summed E-state index contributed by atoms with van der Waals surface area (Å²) in [5, 5.41) is 72.9. The van der Waals surface area contributed by atoms with E-state index in [2.05, 4.69) is 226 Å². The molecule has 13 rings (SSSR count). The summed E-state index contributed by atoms with van der Waals surface area (Å²) >= 11 is 0. The minimum Gasteiger partial charge on any atom is -0.463 e. The number of carbonyl (C=O) groups is 3. The Morgan fingerprint density at radius 2 is 0.879 bits per heavy atom. The molecule has 0 spiro atoms. The number of H-pyrrole nitrogens is 1. The molecule has 38 heteroatoms. The van der Waals surface area contributed by atoms with Crippen molar-refractivity contribution in [2.45, 2.75) is 161 Å². The van der Waals surface area contributed by atoms with Gasteiger partial charge in [-0.1, -0.05) is 113 Å². The van der Waals surface area contributed by atoms with Gasteiger partial charge in [0.15, 0.2) is 52.4 Å². The normalized spacial score (nSPS) is 15.2. The van der Waals surface area contributed by atoms with Crippen LogP contribution < -0.4 is 82.2 Å². The van der Waals surface area contributed by atoms with Gasteiger partial charge in [0.25, 0.3) is 17.7 Å². The highest BCUT2D eigenvalue weighted by atomic mass is 16.6. The number of rotatable bonds is 29. The monoisotopic (exact) mass is 1930 g/mol. The fraction of sp³-hybridized carbons (Fsp3) is 0.524. The van der Waals surface area contributed by atoms with Gasteiger partial charge >= 0.3 is 6.01 Å². The van der Waals surface area contributed by atoms with Gasteiger partial charge in [0.05, 0.1) is 13.7 Å². The molecule has 754 valence electrons. The molecule has 38 nitrogen and oxygen atoms in total. The van der Waals surface area contributed by atoms with Crippen LogP contribution in [0.4, 0.5) is 87.1 Å². The molecular weight excluding hydrogens is 1780 g/mol. The smallest absolute Gasteiger partial charge is 0.320 e. The van der Waals surface area contributed by atoms with Crippen molar-refractivity contribution in [3.05, 3.63) is 140 Å². The summed E-state index contributed by atoms with van der Waals surface area (Å²) < 4.78 is 6.04. The molecule has 141 heavy (non-hydrogen) atoms. The molecule has 0 saturated carbocycles. The Labute approximate surface area is 833 Å². The lowest BCUT2D eigenvalue weighted by Crippen LogP contribution is -2.33. The Balaban J connectivity index is 0.000000193. The van der Waals surface area contributed by atoms with E-state index in [1.807, 2.05) is 112 Å². The maximum Gasteiger partial charge on any atom is 0.320 e. The van der Waals surface area contributed by atoms with Crippen LogP contribution in [0.15, 0.2) is 79.1 Å². The molecule has 4 fully saturated rings. The first-order valence-corrected chi connectivity index (χ1v) is 48.2. The van der Waals surface area contributed by atoms with Gasteiger partial charge in [-0.3, -0.25) is 24.3 Å². The summed E-state index contributed by atoms with van der Waals surface area (Å²) in [5.41, 5.74) is 13.0. The molecule has 4 aliphatic heterocycles. The predicted octanol–water partition coefficient (Wildman–Crippen LogP) is 14.2. The van der Waals surface area contributed by atoms with Crippen molar-refractivity contribution in [2.24, 2.45) is 21.7 Å². The van der Waals surface area contributed by atoms with E-state index in [0.717, 1.165) is 150 Å². The molecule has 2 unspecified atom stereocenters. The zero-order valence-electron chi connectivity index (χ0n) is 87.5. The Morgan fingerprint density at radius 3 is 1.26 bits per heavy atom. The van der Waals surface area contributed by atoms with Gasteiger partial charge in [0.1, 0.15) is 52.9 Å². The Kier molecular flexibility index (Phi) is 38.1. The summed E-state index contributed by atoms with van der Waals surface area (Å²) in [6.07, 6.45) is 7.77. The van der Waals surface area contributed by atoms with E-state index in [0.29, 0.717) is 146 Å². The highest BCUT2D eigenvalue weighted by Gasteiger charge is 2.32. The third-order valence-electron chi connectivity index (χ3n) is 24.1. The average molecular weight is 1930 g/mol. The number of likely N-dealkylation sites (N-methyl/N-ethyl adjacent to an activating group) is 2. The van der Waals surface area contributed by atoms with E-state index in [-0.39, 0.29) is 51.4 Å². The van der Waals surface area contributed by atoms with Gasteiger partial charge in [0.2, 0.25) is 17.8 Å². The van der Waals surface area contributed by atoms with Crippen LogP contribution in [-0.2, 0) is 4.84 Å². The predicted molar refractivity (Wildman–Crippen MR) is 562 cm³/mol. The SMILES string of the molecule is CNC(=O)c1ccc(C)c(Nc2nc(N3CCCN(C)CC3)nc(N(C)CC(C)(C)C)c2C#N)c1.CNC(=O)c1ccc(C)c(Nc2nc(OCCC3CCCN3C)nc(N(C)CC(C)(C)C)c2C#N)c1.CONC(=O)c1ccc(C)c(Nc2nc(N3CCCN(C)CC3)nc(N(C)CC(C)(C)C)c2C#N)c1.Cc1ccc(-c2ncn[nH]2)cc1Nc1nc(NC2CCNC2)nc(N(C)CC(C)(C)C)c1C#N. The second-order valence-corrected chi connectivity index (χ2v) is 41.7. The van der Waals surface area contributed by atoms with Gasteiger partial charge in [0, 0.05) is 171 Å². The Morgan fingerprint density at radius 1 is 0.475 bits per heavy atom. The van der Waals surface area contributed by atoms with Gasteiger partial charge in [-0.05, 0) is 200 Å². The number of hydrogen-bond donors (Lipinski definition) is 10. The van der Waals surface area contributed by atoms with Gasteiger partial charge in [-0.25, -0.2) is 10.5 Å². The van der Waals surface area contributed by atoms with E-state index >= 15 is 0 Å². The first kappa shape index (κ1) is 109. The van der Waals surface area contributed by atoms with Crippen LogP contribution in [0.2, 0.25) is 0 Å². The van der Waals surface area contributed by atoms with Crippen LogP contribution in [0.3, 0.4) is 0 Å². The summed E-state index contributed by atoms with van der Waals surface area (Å²) in [7, 11) is 18.8. The molecule has 9 aromatic rings. The lowest BCUT2D eigenvalue weighted by Gasteiger charge is -2.30. The van der Waals surface area contributed by atoms with Gasteiger partial charge in [-0.2, -0.15) is 66.0 Å². The van der Waals surface area contributed by atoms with Crippen molar-refractivity contribution < 1.29 is 24.0 Å². The second kappa shape index (κ2) is 49.3. The van der Waals surface area contributed by atoms with Crippen molar-refractivity contribution in [3.63, 3.8) is 0 Å². The van der Waals surface area contributed by atoms with Crippen molar-refractivity contribution in [1.29, 1.82) is 21.0 Å². The Bertz CT molecular complexity index is 5950. The molecule has 0 bridgehead atoms. The van der Waals surface area contributed by atoms with E-state index in [1.54, 1.807) is 50.5 Å². The first-order chi connectivity index (χ1) is 66.8. The van der Waals surface area contributed by atoms with Crippen LogP contribution in [0.5, 0.6) is 6.01 Å². The first-order valence-electron chi connectivity index (χ1n) is 48.2. The molecule has 0 radical (unpaired) electrons. The number of hydroxylamine groups is 1. The molecule has 4 aliphatic rings. The number of hydrogen-bond acceptors (Lipinski definition) is 34. The van der Waals surface area contributed by atoms with Crippen molar-refractivity contribution in [3.8, 4) is 41.7 Å². The number of aryl methyl sites for hydroxylation is 4. The number of nitrogens with zero attached hydrogens (tertiary/aromatic N) is 23. The molecule has 3 amide bonds. The maximum absolute atomic E-state index is 12.3. The maximum atomic E-state index is 12.3. The van der Waals surface area contributed by atoms with Crippen LogP contribution in [-0.4, -0.2) is 275 Å². The average Bonchev–Trinajstić information content (AvgIpc) is 0.911. The lowest BCUT2D eigenvalue weighted by molar-refractivity contribution is 0.0537. The number of aromatic amines is 1. The second-order valence-electron chi connectivity index (χ2n) is 41.7. The Hall–Kier alpha value is -13.9. The molecule has 4 saturated heterocycles. The van der Waals surface area contributed by atoms with E-state index in [1.165, 1.54) is 26.3 Å². The van der Waals surface area contributed by atoms with Crippen LogP contribution in [0, 0.1) is 94.7 Å². The fourth-order valence-corrected chi connectivity index (χ4v) is 17.2. The summed E-state index contributed by atoms with van der Waals surface area (Å²) in [5.74, 6) is 5.67. The van der Waals surface area contributed by atoms with E-state index < -0.39 is 0 Å². The third kappa shape index (κ3) is 31.3. The van der Waals surface area contributed by atoms with E-state index in [9.17, 15) is 35.4 Å². The zero-order chi connectivity index (χ0) is 103. The molecule has 0 aliphatic carbocycles. The molecule has 2 atom stereocenters. The molecule has 10 N–H and O–H groups in total. The standard InChI is InChI=1S/C27H39N7O2.C26H38N8O2.C26H38N8O.C24H32N10/c1-18-10-11-19(25(35)29-5)15-22(18)30-23-21(16-28)24(34(7)17-27(2,3)4)32-26(31-23)36-14-12-20-9-8-13-33(20)6;1-18-9-10-19(24(35)31-36-7)15-21(18)28-22-20(16-27)23(33(6)17-26(2,3)4)30-25(29-22)34-12-8-11-32(5)13-14-34;1-18-9-10-19(24(35)28-5)15-21(18)29-22-20(16-27)23(33(7)17-26(2,3)4)31-25(30-22)34-12-8-11-32(6)13-14-34;1-15-6-7-16(20-27-14-28-33-20)10-19(15)30-21-18(11-25)22(34(5)13-24(2,3)4)32-23(31-21)29-17-8-9-26-12-17/h10-11,15,20H,8-9,12-14,17H2,1-7H3,(H,29,35)(H,30,31,32);9-10,15H,8,11-14,17H2,1-7H3,(H,31,35)(H,28,29,30);9-10,15H,8,11-14,17H2,1-7H3,(H,28,35)(H,29,30,31);6-7,10,14,17,26H,8-9,12-13H2,1-5H3,(H,27,28,33)(H2,29,30,31,32). The van der Waals surface area contributed by atoms with Crippen molar-refractivity contribution in [1.82, 2.24) is 91.2 Å². The molecule has 5 aromatic heterocycles. The van der Waals surface area contributed by atoms with Gasteiger partial charge < -0.3 is 91.4 Å². The number of nitriles is 4. The fourth-order valence-electron chi connectivity index (χ4n) is 17.2. The van der Waals surface area contributed by atoms with Crippen molar-refractivity contribution >= 4 is 105 Å². The number of likely N-dealkylation sites (tertiary alicyclic amines) is 1. The number of benzene rings is 4. The highest BCUT2D eigenvalue weighted by Crippen LogP contribution is 2.39. The lowest BCUT2D eigenvalue weighted by atomic mass is 9.96. The van der Waals surface area contributed by atoms with E-state index in [4.69, 9.17) is 39.5 Å². The summed E-state index contributed by atoms with van der Waals surface area (Å²) in [4.78, 5) is 103. The molecule has 4 aromatic carbocycles. The zero-order valence-corrected chi connectivity index (χ0v) is 87.5. The number of aromatic nitrogens is 11. The quantitative estimate of drug-likeness (QED) is 0.0195. The minimum absolute atomic E-state index is 0.00509. The van der Waals surface area contributed by atoms with Crippen molar-refractivity contribution in [2.75, 3.05) is 231 Å². The number of ether oxygens (including phenoxy) is 1. The minimum atomic E-state index is -0.358. The number of amides is 3. The van der Waals surface area contributed by atoms with Gasteiger partial charge in [-0.15, -0.1) is 0 Å². The molecule has 9 heterocycles. The van der Waals surface area contributed by atoms with Crippen LogP contribution >= 0.6 is 0 Å². The largest absolute Gasteiger partial charge is 0.463 e. The topological polar surface area (TPSA) is 447 Å². The number of nitrogens with one attached hydrogen (secondary N) is 10. The van der Waals surface area contributed by atoms with Crippen LogP contribution in [0.25, 0.3) is 11.4 Å². The van der Waals surface area contributed by atoms with Crippen LogP contribution in [0.1, 0.15) is 197 Å². The number of carbonyl (C=O) groups excluding carboxylic acids is 3. The highest BCUT2D eigenvalue weighted by molar-refractivity contribution is 5.97.